The molecule has 0 bridgehead atoms. The Balaban J connectivity index is 1.58. The summed E-state index contributed by atoms with van der Waals surface area (Å²) in [6.07, 6.45) is 0. The van der Waals surface area contributed by atoms with Crippen molar-refractivity contribution in [2.75, 3.05) is 10.6 Å². The third-order valence-corrected chi connectivity index (χ3v) is 5.17. The van der Waals surface area contributed by atoms with E-state index in [2.05, 4.69) is 46.6 Å². The van der Waals surface area contributed by atoms with Crippen molar-refractivity contribution >= 4 is 40.4 Å². The van der Waals surface area contributed by atoms with E-state index in [0.717, 1.165) is 11.3 Å². The molecular formula is C23H23ClN6O2. The first-order valence-corrected chi connectivity index (χ1v) is 10.4. The predicted molar refractivity (Wildman–Crippen MR) is 125 cm³/mol. The van der Waals surface area contributed by atoms with Crippen LogP contribution in [0.25, 0.3) is 17.0 Å². The van der Waals surface area contributed by atoms with Crippen LogP contribution in [0, 0.1) is 0 Å². The van der Waals surface area contributed by atoms with Gasteiger partial charge in [-0.05, 0) is 30.3 Å². The van der Waals surface area contributed by atoms with Crippen LogP contribution >= 0.6 is 11.6 Å². The molecule has 164 valence electrons. The highest BCUT2D eigenvalue weighted by Gasteiger charge is 2.24. The average molecular weight is 451 g/mol. The van der Waals surface area contributed by atoms with E-state index in [-0.39, 0.29) is 17.2 Å². The molecule has 9 heteroatoms. The van der Waals surface area contributed by atoms with Gasteiger partial charge < -0.3 is 10.6 Å². The second kappa shape index (κ2) is 8.12. The van der Waals surface area contributed by atoms with E-state index in [9.17, 15) is 9.59 Å². The van der Waals surface area contributed by atoms with Gasteiger partial charge in [-0.3, -0.25) is 14.7 Å². The van der Waals surface area contributed by atoms with Crippen LogP contribution in [-0.4, -0.2) is 31.6 Å². The lowest BCUT2D eigenvalue weighted by molar-refractivity contribution is -0.114. The second-order valence-electron chi connectivity index (χ2n) is 8.52. The van der Waals surface area contributed by atoms with Gasteiger partial charge in [-0.1, -0.05) is 50.6 Å². The molecule has 0 spiro atoms. The predicted octanol–water partition coefficient (Wildman–Crippen LogP) is 4.89. The molecule has 3 N–H and O–H groups in total. The van der Waals surface area contributed by atoms with Gasteiger partial charge in [-0.15, -0.1) is 5.10 Å². The molecule has 0 saturated carbocycles. The Morgan fingerprint density at radius 1 is 1.03 bits per heavy atom. The number of anilines is 2. The minimum Gasteiger partial charge on any atom is -0.326 e. The molecular weight excluding hydrogens is 428 g/mol. The van der Waals surface area contributed by atoms with Crippen LogP contribution in [0.4, 0.5) is 11.4 Å². The van der Waals surface area contributed by atoms with Crippen molar-refractivity contribution in [1.29, 1.82) is 0 Å². The molecule has 0 saturated heterocycles. The molecule has 0 fully saturated rings. The number of benzene rings is 2. The summed E-state index contributed by atoms with van der Waals surface area (Å²) in [4.78, 5) is 28.5. The van der Waals surface area contributed by atoms with Crippen molar-refractivity contribution in [1.82, 2.24) is 19.8 Å². The molecule has 4 aromatic rings. The van der Waals surface area contributed by atoms with Crippen molar-refractivity contribution in [3.05, 3.63) is 64.8 Å². The smallest absolute Gasteiger partial charge is 0.255 e. The maximum Gasteiger partial charge on any atom is 0.255 e. The number of halogens is 1. The monoisotopic (exact) mass is 450 g/mol. The Morgan fingerprint density at radius 3 is 2.38 bits per heavy atom. The van der Waals surface area contributed by atoms with Crippen LogP contribution in [-0.2, 0) is 10.2 Å². The van der Waals surface area contributed by atoms with Crippen LogP contribution < -0.4 is 10.6 Å². The summed E-state index contributed by atoms with van der Waals surface area (Å²) in [7, 11) is 0. The number of rotatable bonds is 4. The summed E-state index contributed by atoms with van der Waals surface area (Å²) in [6, 6.07) is 14.0. The fraction of sp³-hybridized carbons (Fsp3) is 0.217. The molecule has 2 amide bonds. The summed E-state index contributed by atoms with van der Waals surface area (Å²) >= 11 is 6.52. The molecule has 0 aliphatic rings. The highest BCUT2D eigenvalue weighted by molar-refractivity contribution is 6.34. The van der Waals surface area contributed by atoms with Crippen molar-refractivity contribution < 1.29 is 9.59 Å². The molecule has 4 rings (SSSR count). The topological polar surface area (TPSA) is 104 Å². The Labute approximate surface area is 190 Å². The van der Waals surface area contributed by atoms with E-state index in [1.807, 2.05) is 12.1 Å². The van der Waals surface area contributed by atoms with E-state index >= 15 is 0 Å². The van der Waals surface area contributed by atoms with E-state index in [0.29, 0.717) is 33.4 Å². The van der Waals surface area contributed by atoms with E-state index < -0.39 is 0 Å². The summed E-state index contributed by atoms with van der Waals surface area (Å²) in [5.74, 6) is -0.00624. The molecule has 8 nitrogen and oxygen atoms in total. The first-order valence-electron chi connectivity index (χ1n) is 10.1. The van der Waals surface area contributed by atoms with Gasteiger partial charge in [-0.2, -0.15) is 4.63 Å². The zero-order valence-corrected chi connectivity index (χ0v) is 18.9. The second-order valence-corrected chi connectivity index (χ2v) is 8.90. The first kappa shape index (κ1) is 21.6. The molecule has 2 aromatic heterocycles. The molecule has 0 radical (unpaired) electrons. The van der Waals surface area contributed by atoms with Crippen LogP contribution in [0.15, 0.2) is 48.5 Å². The Bertz CT molecular complexity index is 1330. The summed E-state index contributed by atoms with van der Waals surface area (Å²) < 4.78 is 1.57. The van der Waals surface area contributed by atoms with Gasteiger partial charge in [0, 0.05) is 34.8 Å². The number of nitrogens with zero attached hydrogens (tertiary/aromatic N) is 3. The lowest BCUT2D eigenvalue weighted by Gasteiger charge is -2.16. The van der Waals surface area contributed by atoms with Crippen molar-refractivity contribution in [3.63, 3.8) is 0 Å². The van der Waals surface area contributed by atoms with Crippen LogP contribution in [0.3, 0.4) is 0 Å². The number of hydrogen-bond acceptors (Lipinski definition) is 4. The van der Waals surface area contributed by atoms with Crippen LogP contribution in [0.1, 0.15) is 43.7 Å². The lowest BCUT2D eigenvalue weighted by Crippen LogP contribution is -2.13. The first-order chi connectivity index (χ1) is 15.1. The zero-order valence-electron chi connectivity index (χ0n) is 18.2. The number of carbonyl (C=O) groups excluding carboxylic acids is 2. The molecule has 0 aliphatic carbocycles. The molecule has 32 heavy (non-hydrogen) atoms. The molecule has 0 unspecified atom stereocenters. The van der Waals surface area contributed by atoms with Gasteiger partial charge in [-0.25, -0.2) is 4.98 Å². The number of aromatic nitrogens is 4. The molecule has 0 aliphatic heterocycles. The molecule has 0 atom stereocenters. The van der Waals surface area contributed by atoms with Crippen LogP contribution in [0.2, 0.25) is 5.02 Å². The number of fused-ring (bicyclic) bond motifs is 1. The van der Waals surface area contributed by atoms with E-state index in [1.54, 1.807) is 41.0 Å². The van der Waals surface area contributed by atoms with E-state index in [4.69, 9.17) is 11.6 Å². The van der Waals surface area contributed by atoms with Gasteiger partial charge in [0.2, 0.25) is 5.91 Å². The van der Waals surface area contributed by atoms with Gasteiger partial charge in [0.15, 0.2) is 11.5 Å². The molecule has 2 heterocycles. The number of nitrogens with one attached hydrogen (secondary N) is 3. The Morgan fingerprint density at radius 2 is 1.72 bits per heavy atom. The number of aromatic amines is 1. The normalized spacial score (nSPS) is 11.5. The number of carbonyl (C=O) groups is 2. The quantitative estimate of drug-likeness (QED) is 0.412. The molecule has 2 aromatic carbocycles. The summed E-state index contributed by atoms with van der Waals surface area (Å²) in [5, 5.41) is 13.8. The maximum absolute atomic E-state index is 12.7. The van der Waals surface area contributed by atoms with Gasteiger partial charge in [0.25, 0.3) is 5.91 Å². The summed E-state index contributed by atoms with van der Waals surface area (Å²) in [6.45, 7) is 7.59. The zero-order chi connectivity index (χ0) is 23.0. The number of hydrogen-bond donors (Lipinski definition) is 3. The summed E-state index contributed by atoms with van der Waals surface area (Å²) in [5.41, 5.74) is 3.57. The van der Waals surface area contributed by atoms with Gasteiger partial charge in [0.1, 0.15) is 5.02 Å². The van der Waals surface area contributed by atoms with Gasteiger partial charge in [0.05, 0.1) is 5.69 Å². The fourth-order valence-corrected chi connectivity index (χ4v) is 3.75. The Hall–Kier alpha value is -3.65. The highest BCUT2D eigenvalue weighted by atomic mass is 35.5. The van der Waals surface area contributed by atoms with Crippen molar-refractivity contribution in [2.24, 2.45) is 0 Å². The third-order valence-electron chi connectivity index (χ3n) is 4.81. The largest absolute Gasteiger partial charge is 0.326 e. The van der Waals surface area contributed by atoms with Crippen molar-refractivity contribution in [2.45, 2.75) is 33.1 Å². The standard InChI is InChI=1S/C23H23ClN6O2/c1-13(31)25-16-9-6-8-15(12-16)22(32)26-17-10-5-7-14(11-17)20-27-21-18(24)19(23(2,3)4)28-30(21)29-20/h5-12,28H,1-4H3,(H,25,31)(H,26,32). The fourth-order valence-electron chi connectivity index (χ4n) is 3.30. The van der Waals surface area contributed by atoms with E-state index in [1.165, 1.54) is 6.92 Å². The van der Waals surface area contributed by atoms with Crippen LogP contribution in [0.5, 0.6) is 0 Å². The van der Waals surface area contributed by atoms with Gasteiger partial charge >= 0.3 is 0 Å². The maximum atomic E-state index is 12.7. The third kappa shape index (κ3) is 4.36. The lowest BCUT2D eigenvalue weighted by atomic mass is 9.92. The minimum atomic E-state index is -0.294. The number of amides is 2. The SMILES string of the molecule is CC(=O)Nc1cccc(C(=O)Nc2cccc(-c3nc4c(Cl)c(C(C)(C)C)[nH]n4n3)c2)c1. The Kier molecular flexibility index (Phi) is 5.48. The average Bonchev–Trinajstić information content (AvgIpc) is 3.27. The minimum absolute atomic E-state index is 0.166. The number of H-pyrrole nitrogens is 1. The highest BCUT2D eigenvalue weighted by Crippen LogP contribution is 2.32. The van der Waals surface area contributed by atoms with Crippen molar-refractivity contribution in [3.8, 4) is 11.4 Å².